The molecule has 0 aromatic heterocycles. The number of methoxy groups -OCH3 is 1. The van der Waals surface area contributed by atoms with Crippen LogP contribution in [0.2, 0.25) is 0 Å². The van der Waals surface area contributed by atoms with E-state index < -0.39 is 11.9 Å². The van der Waals surface area contributed by atoms with Crippen LogP contribution in [0.25, 0.3) is 0 Å². The van der Waals surface area contributed by atoms with Gasteiger partial charge in [-0.15, -0.1) is 0 Å². The Balaban J connectivity index is 2.83. The first-order valence-electron chi connectivity index (χ1n) is 5.46. The second-order valence-corrected chi connectivity index (χ2v) is 3.57. The van der Waals surface area contributed by atoms with E-state index in [1.165, 1.54) is 14.0 Å². The number of carbonyl (C=O) groups excluding carboxylic acids is 3. The Morgan fingerprint density at radius 1 is 1.16 bits per heavy atom. The summed E-state index contributed by atoms with van der Waals surface area (Å²) in [6.07, 6.45) is 1.09. The molecule has 1 aromatic carbocycles. The van der Waals surface area contributed by atoms with Crippen LogP contribution in [-0.4, -0.2) is 24.9 Å². The minimum absolute atomic E-state index is 0.147. The zero-order chi connectivity index (χ0) is 14.3. The molecule has 0 saturated carbocycles. The summed E-state index contributed by atoms with van der Waals surface area (Å²) in [7, 11) is 1.18. The Morgan fingerprint density at radius 3 is 2.32 bits per heavy atom. The lowest BCUT2D eigenvalue weighted by atomic mass is 10.2. The summed E-state index contributed by atoms with van der Waals surface area (Å²) < 4.78 is 4.51. The lowest BCUT2D eigenvalue weighted by molar-refractivity contribution is -0.136. The van der Waals surface area contributed by atoms with Gasteiger partial charge in [0.25, 0.3) is 5.91 Å². The van der Waals surface area contributed by atoms with Crippen molar-refractivity contribution in [2.75, 3.05) is 7.11 Å². The summed E-state index contributed by atoms with van der Waals surface area (Å²) in [5.41, 5.74) is 0.242. The summed E-state index contributed by atoms with van der Waals surface area (Å²) in [5.74, 6) is -1.59. The molecule has 0 heterocycles. The number of ether oxygens (including phenoxy) is 1. The first-order chi connectivity index (χ1) is 9.04. The van der Waals surface area contributed by atoms with Crippen LogP contribution < -0.4 is 10.6 Å². The number of hydrogen-bond acceptors (Lipinski definition) is 4. The molecular weight excluding hydrogens is 248 g/mol. The van der Waals surface area contributed by atoms with E-state index >= 15 is 0 Å². The third-order valence-corrected chi connectivity index (χ3v) is 2.11. The minimum atomic E-state index is -0.752. The number of benzene rings is 1. The molecule has 0 radical (unpaired) electrons. The largest absolute Gasteiger partial charge is 0.464 e. The molecule has 0 fully saturated rings. The third kappa shape index (κ3) is 4.63. The van der Waals surface area contributed by atoms with Crippen LogP contribution in [0.1, 0.15) is 17.3 Å². The van der Waals surface area contributed by atoms with Crippen molar-refractivity contribution in [1.82, 2.24) is 10.6 Å². The van der Waals surface area contributed by atoms with Crippen LogP contribution in [0.15, 0.2) is 42.2 Å². The van der Waals surface area contributed by atoms with Crippen LogP contribution in [0, 0.1) is 0 Å². The fourth-order valence-corrected chi connectivity index (χ4v) is 1.21. The number of nitrogens with one attached hydrogen (secondary N) is 2. The summed E-state index contributed by atoms with van der Waals surface area (Å²) in [5, 5.41) is 4.67. The van der Waals surface area contributed by atoms with Gasteiger partial charge in [0.2, 0.25) is 5.91 Å². The van der Waals surface area contributed by atoms with Crippen molar-refractivity contribution < 1.29 is 19.1 Å². The summed E-state index contributed by atoms with van der Waals surface area (Å²) in [6.45, 7) is 1.28. The number of esters is 1. The van der Waals surface area contributed by atoms with Crippen molar-refractivity contribution in [1.29, 1.82) is 0 Å². The maximum Gasteiger partial charge on any atom is 0.356 e. The number of hydrogen-bond donors (Lipinski definition) is 2. The zero-order valence-corrected chi connectivity index (χ0v) is 10.6. The van der Waals surface area contributed by atoms with Gasteiger partial charge in [0.05, 0.1) is 7.11 Å². The monoisotopic (exact) mass is 262 g/mol. The first kappa shape index (κ1) is 14.4. The molecule has 0 bridgehead atoms. The zero-order valence-electron chi connectivity index (χ0n) is 10.6. The molecule has 0 aliphatic heterocycles. The summed E-state index contributed by atoms with van der Waals surface area (Å²) in [4.78, 5) is 34.1. The Labute approximate surface area is 110 Å². The minimum Gasteiger partial charge on any atom is -0.464 e. The highest BCUT2D eigenvalue weighted by Gasteiger charge is 2.14. The molecule has 2 amide bonds. The lowest BCUT2D eigenvalue weighted by Gasteiger charge is -2.08. The molecule has 0 saturated heterocycles. The molecule has 0 atom stereocenters. The fourth-order valence-electron chi connectivity index (χ4n) is 1.21. The highest BCUT2D eigenvalue weighted by atomic mass is 16.5. The van der Waals surface area contributed by atoms with Crippen LogP contribution in [0.5, 0.6) is 0 Å². The predicted molar refractivity (Wildman–Crippen MR) is 67.8 cm³/mol. The second-order valence-electron chi connectivity index (χ2n) is 3.57. The standard InChI is InChI=1S/C13H14N2O4/c1-9(16)14-8-11(13(18)19-2)15-12(17)10-6-4-3-5-7-10/h3-8H,1-2H3,(H,14,16)(H,15,17)/b11-8+. The van der Waals surface area contributed by atoms with E-state index in [0.29, 0.717) is 5.56 Å². The highest BCUT2D eigenvalue weighted by molar-refractivity contribution is 6.01. The Morgan fingerprint density at radius 2 is 1.79 bits per heavy atom. The number of carbonyl (C=O) groups is 3. The van der Waals surface area contributed by atoms with Gasteiger partial charge in [-0.05, 0) is 12.1 Å². The van der Waals surface area contributed by atoms with Crippen molar-refractivity contribution in [2.24, 2.45) is 0 Å². The van der Waals surface area contributed by atoms with E-state index in [2.05, 4.69) is 15.4 Å². The quantitative estimate of drug-likeness (QED) is 0.613. The second kappa shape index (κ2) is 6.95. The van der Waals surface area contributed by atoms with Crippen molar-refractivity contribution in [2.45, 2.75) is 6.92 Å². The van der Waals surface area contributed by atoms with Gasteiger partial charge in [0.15, 0.2) is 0 Å². The number of amides is 2. The molecule has 1 rings (SSSR count). The SMILES string of the molecule is COC(=O)/C(=C\NC(C)=O)NC(=O)c1ccccc1. The molecule has 0 spiro atoms. The fraction of sp³-hybridized carbons (Fsp3) is 0.154. The first-order valence-corrected chi connectivity index (χ1v) is 5.46. The molecule has 19 heavy (non-hydrogen) atoms. The van der Waals surface area contributed by atoms with Gasteiger partial charge in [-0.25, -0.2) is 4.79 Å². The summed E-state index contributed by atoms with van der Waals surface area (Å²) >= 11 is 0. The summed E-state index contributed by atoms with van der Waals surface area (Å²) in [6, 6.07) is 8.37. The molecular formula is C13H14N2O4. The third-order valence-electron chi connectivity index (χ3n) is 2.11. The van der Waals surface area contributed by atoms with Gasteiger partial charge >= 0.3 is 5.97 Å². The Kier molecular flexibility index (Phi) is 5.28. The average Bonchev–Trinajstić information content (AvgIpc) is 2.43. The van der Waals surface area contributed by atoms with Crippen molar-refractivity contribution in [3.8, 4) is 0 Å². The van der Waals surface area contributed by atoms with E-state index in [1.807, 2.05) is 0 Å². The average molecular weight is 262 g/mol. The van der Waals surface area contributed by atoms with Crippen molar-refractivity contribution in [3.05, 3.63) is 47.8 Å². The maximum atomic E-state index is 11.8. The molecule has 6 heteroatoms. The van der Waals surface area contributed by atoms with E-state index in [4.69, 9.17) is 0 Å². The smallest absolute Gasteiger partial charge is 0.356 e. The van der Waals surface area contributed by atoms with Gasteiger partial charge in [0.1, 0.15) is 5.70 Å². The normalized spacial score (nSPS) is 10.5. The molecule has 2 N–H and O–H groups in total. The van der Waals surface area contributed by atoms with Crippen LogP contribution in [0.4, 0.5) is 0 Å². The van der Waals surface area contributed by atoms with E-state index in [-0.39, 0.29) is 11.6 Å². The molecule has 0 aliphatic carbocycles. The van der Waals surface area contributed by atoms with E-state index in [0.717, 1.165) is 6.20 Å². The highest BCUT2D eigenvalue weighted by Crippen LogP contribution is 2.00. The van der Waals surface area contributed by atoms with Crippen molar-refractivity contribution in [3.63, 3.8) is 0 Å². The van der Waals surface area contributed by atoms with Crippen LogP contribution >= 0.6 is 0 Å². The van der Waals surface area contributed by atoms with E-state index in [9.17, 15) is 14.4 Å². The molecule has 6 nitrogen and oxygen atoms in total. The van der Waals surface area contributed by atoms with Gasteiger partial charge < -0.3 is 15.4 Å². The van der Waals surface area contributed by atoms with Crippen molar-refractivity contribution >= 4 is 17.8 Å². The predicted octanol–water partition coefficient (Wildman–Crippen LogP) is 0.567. The molecule has 100 valence electrons. The van der Waals surface area contributed by atoms with Gasteiger partial charge in [-0.2, -0.15) is 0 Å². The maximum absolute atomic E-state index is 11.8. The topological polar surface area (TPSA) is 84.5 Å². The van der Waals surface area contributed by atoms with Gasteiger partial charge in [-0.3, -0.25) is 9.59 Å². The molecule has 0 aliphatic rings. The Hall–Kier alpha value is -2.63. The van der Waals surface area contributed by atoms with Crippen LogP contribution in [-0.2, 0) is 14.3 Å². The number of rotatable bonds is 4. The van der Waals surface area contributed by atoms with Gasteiger partial charge in [-0.1, -0.05) is 18.2 Å². The Bertz CT molecular complexity index is 509. The molecule has 1 aromatic rings. The van der Waals surface area contributed by atoms with Crippen LogP contribution in [0.3, 0.4) is 0 Å². The molecule has 0 unspecified atom stereocenters. The van der Waals surface area contributed by atoms with Gasteiger partial charge in [0, 0.05) is 18.7 Å². The lowest BCUT2D eigenvalue weighted by Crippen LogP contribution is -2.30. The van der Waals surface area contributed by atoms with E-state index in [1.54, 1.807) is 30.3 Å².